The van der Waals surface area contributed by atoms with Gasteiger partial charge in [-0.15, -0.1) is 0 Å². The average molecular weight is 325 g/mol. The van der Waals surface area contributed by atoms with Crippen molar-refractivity contribution in [1.29, 1.82) is 0 Å². The molecule has 24 heavy (non-hydrogen) atoms. The maximum atomic E-state index is 13.1. The maximum Gasteiger partial charge on any atom is 0.258 e. The van der Waals surface area contributed by atoms with Crippen molar-refractivity contribution in [1.82, 2.24) is 25.2 Å². The highest BCUT2D eigenvalue weighted by Gasteiger charge is 2.31. The minimum Gasteiger partial charge on any atom is -0.338 e. The van der Waals surface area contributed by atoms with Crippen molar-refractivity contribution in [2.24, 2.45) is 0 Å². The van der Waals surface area contributed by atoms with E-state index in [0.717, 1.165) is 29.9 Å². The lowest BCUT2D eigenvalue weighted by atomic mass is 10.0. The van der Waals surface area contributed by atoms with E-state index in [9.17, 15) is 4.79 Å². The monoisotopic (exact) mass is 325 g/mol. The summed E-state index contributed by atoms with van der Waals surface area (Å²) in [6.45, 7) is 7.15. The molecule has 7 nitrogen and oxygen atoms in total. The van der Waals surface area contributed by atoms with E-state index < -0.39 is 0 Å². The van der Waals surface area contributed by atoms with Crippen LogP contribution in [0.2, 0.25) is 0 Å². The summed E-state index contributed by atoms with van der Waals surface area (Å²) in [7, 11) is 0. The van der Waals surface area contributed by atoms with Crippen LogP contribution in [0.4, 0.5) is 0 Å². The van der Waals surface area contributed by atoms with Crippen LogP contribution in [0.3, 0.4) is 0 Å². The number of hydrogen-bond acceptors (Lipinski definition) is 5. The zero-order valence-corrected chi connectivity index (χ0v) is 14.0. The molecule has 1 aliphatic rings. The highest BCUT2D eigenvalue weighted by atomic mass is 16.5. The van der Waals surface area contributed by atoms with Crippen LogP contribution in [0.1, 0.15) is 45.3 Å². The van der Waals surface area contributed by atoms with Crippen LogP contribution in [-0.4, -0.2) is 44.2 Å². The Kier molecular flexibility index (Phi) is 3.37. The van der Waals surface area contributed by atoms with Crippen LogP contribution in [0.25, 0.3) is 11.1 Å². The third-order valence-electron chi connectivity index (χ3n) is 4.73. The van der Waals surface area contributed by atoms with Gasteiger partial charge < -0.3 is 9.42 Å². The summed E-state index contributed by atoms with van der Waals surface area (Å²) in [6.07, 6.45) is 2.76. The zero-order valence-electron chi connectivity index (χ0n) is 14.0. The Bertz CT molecular complexity index is 926. The molecule has 7 heteroatoms. The third-order valence-corrected chi connectivity index (χ3v) is 4.73. The van der Waals surface area contributed by atoms with Crippen molar-refractivity contribution in [3.8, 4) is 0 Å². The summed E-state index contributed by atoms with van der Waals surface area (Å²) < 4.78 is 5.23. The number of aryl methyl sites for hydroxylation is 3. The van der Waals surface area contributed by atoms with Crippen LogP contribution in [0.15, 0.2) is 16.8 Å². The van der Waals surface area contributed by atoms with Crippen molar-refractivity contribution in [3.05, 3.63) is 40.5 Å². The van der Waals surface area contributed by atoms with Gasteiger partial charge in [-0.3, -0.25) is 9.89 Å². The number of aromatic amines is 1. The Hall–Kier alpha value is -2.70. The summed E-state index contributed by atoms with van der Waals surface area (Å²) in [5.74, 6) is 0.315. The molecular weight excluding hydrogens is 306 g/mol. The first-order chi connectivity index (χ1) is 11.5. The van der Waals surface area contributed by atoms with E-state index in [1.54, 1.807) is 0 Å². The topological polar surface area (TPSA) is 87.9 Å². The summed E-state index contributed by atoms with van der Waals surface area (Å²) in [6, 6.07) is 1.82. The first-order valence-corrected chi connectivity index (χ1v) is 8.07. The molecular formula is C17H19N5O2. The fourth-order valence-electron chi connectivity index (χ4n) is 3.51. The zero-order chi connectivity index (χ0) is 16.8. The number of amides is 1. The number of likely N-dealkylation sites (tertiary alicyclic amines) is 1. The van der Waals surface area contributed by atoms with Crippen molar-refractivity contribution in [2.75, 3.05) is 13.1 Å². The van der Waals surface area contributed by atoms with Gasteiger partial charge >= 0.3 is 0 Å². The van der Waals surface area contributed by atoms with Crippen molar-refractivity contribution < 1.29 is 9.32 Å². The molecule has 1 saturated heterocycles. The summed E-state index contributed by atoms with van der Waals surface area (Å²) in [4.78, 5) is 19.3. The number of nitrogens with zero attached hydrogens (tertiary/aromatic N) is 4. The number of carbonyl (C=O) groups is 1. The average Bonchev–Trinajstić information content (AvgIpc) is 3.26. The molecule has 0 bridgehead atoms. The SMILES string of the molecule is Cc1cc(C(=O)N2CCC(c3[nH]ncc3C)C2)c2c(C)noc2n1. The molecule has 0 saturated carbocycles. The fraction of sp³-hybridized carbons (Fsp3) is 0.412. The van der Waals surface area contributed by atoms with Crippen molar-refractivity contribution in [3.63, 3.8) is 0 Å². The summed E-state index contributed by atoms with van der Waals surface area (Å²) in [5.41, 5.74) is 4.77. The number of rotatable bonds is 2. The molecule has 1 unspecified atom stereocenters. The van der Waals surface area contributed by atoms with Gasteiger partial charge in [-0.05, 0) is 38.8 Å². The lowest BCUT2D eigenvalue weighted by Crippen LogP contribution is -2.29. The molecule has 124 valence electrons. The number of H-pyrrole nitrogens is 1. The largest absolute Gasteiger partial charge is 0.338 e. The van der Waals surface area contributed by atoms with E-state index in [1.165, 1.54) is 0 Å². The standard InChI is InChI=1S/C17H19N5O2/c1-9-7-18-20-15(9)12-4-5-22(8-12)17(23)13-6-10(2)19-16-14(13)11(3)21-24-16/h6-7,12H,4-5,8H2,1-3H3,(H,18,20). The molecule has 1 atom stereocenters. The Morgan fingerprint density at radius 3 is 2.96 bits per heavy atom. The van der Waals surface area contributed by atoms with Crippen molar-refractivity contribution in [2.45, 2.75) is 33.1 Å². The number of aromatic nitrogens is 4. The lowest BCUT2D eigenvalue weighted by Gasteiger charge is -2.17. The van der Waals surface area contributed by atoms with Gasteiger partial charge in [0.1, 0.15) is 0 Å². The second-order valence-corrected chi connectivity index (χ2v) is 6.46. The van der Waals surface area contributed by atoms with Crippen LogP contribution in [-0.2, 0) is 0 Å². The third kappa shape index (κ3) is 2.28. The second-order valence-electron chi connectivity index (χ2n) is 6.46. The number of hydrogen-bond donors (Lipinski definition) is 1. The van der Waals surface area contributed by atoms with E-state index in [0.29, 0.717) is 34.8 Å². The minimum absolute atomic E-state index is 0.0106. The molecule has 0 aliphatic carbocycles. The number of fused-ring (bicyclic) bond motifs is 1. The van der Waals surface area contributed by atoms with E-state index in [4.69, 9.17) is 4.52 Å². The molecule has 3 aromatic heterocycles. The van der Waals surface area contributed by atoms with E-state index in [-0.39, 0.29) is 5.91 Å². The van der Waals surface area contributed by atoms with Crippen LogP contribution in [0.5, 0.6) is 0 Å². The summed E-state index contributed by atoms with van der Waals surface area (Å²) >= 11 is 0. The van der Waals surface area contributed by atoms with Crippen molar-refractivity contribution >= 4 is 17.0 Å². The number of nitrogens with one attached hydrogen (secondary N) is 1. The van der Waals surface area contributed by atoms with Gasteiger partial charge in [0.05, 0.1) is 22.8 Å². The fourth-order valence-corrected chi connectivity index (χ4v) is 3.51. The predicted molar refractivity (Wildman–Crippen MR) is 87.9 cm³/mol. The molecule has 4 heterocycles. The van der Waals surface area contributed by atoms with Gasteiger partial charge in [-0.2, -0.15) is 5.10 Å². The Morgan fingerprint density at radius 2 is 2.21 bits per heavy atom. The van der Waals surface area contributed by atoms with Gasteiger partial charge in [0.2, 0.25) is 0 Å². The molecule has 1 aliphatic heterocycles. The molecule has 0 aromatic carbocycles. The van der Waals surface area contributed by atoms with Gasteiger partial charge in [0.25, 0.3) is 11.6 Å². The van der Waals surface area contributed by atoms with Gasteiger partial charge in [0.15, 0.2) is 0 Å². The smallest absolute Gasteiger partial charge is 0.258 e. The first-order valence-electron chi connectivity index (χ1n) is 8.07. The normalized spacial score (nSPS) is 17.8. The Labute approximate surface area is 139 Å². The summed E-state index contributed by atoms with van der Waals surface area (Å²) in [5, 5.41) is 11.8. The van der Waals surface area contributed by atoms with E-state index >= 15 is 0 Å². The maximum absolute atomic E-state index is 13.1. The molecule has 3 aromatic rings. The lowest BCUT2D eigenvalue weighted by molar-refractivity contribution is 0.0792. The molecule has 1 amide bonds. The van der Waals surface area contributed by atoms with E-state index in [1.807, 2.05) is 37.9 Å². The predicted octanol–water partition coefficient (Wildman–Crippen LogP) is 2.50. The molecule has 1 N–H and O–H groups in total. The molecule has 4 rings (SSSR count). The highest BCUT2D eigenvalue weighted by Crippen LogP contribution is 2.30. The Morgan fingerprint density at radius 1 is 1.38 bits per heavy atom. The highest BCUT2D eigenvalue weighted by molar-refractivity contribution is 6.06. The van der Waals surface area contributed by atoms with Gasteiger partial charge in [-0.25, -0.2) is 4.98 Å². The quantitative estimate of drug-likeness (QED) is 0.782. The molecule has 1 fully saturated rings. The number of carbonyl (C=O) groups excluding carboxylic acids is 1. The second kappa shape index (κ2) is 5.43. The Balaban J connectivity index is 1.66. The first kappa shape index (κ1) is 14.9. The number of pyridine rings is 1. The van der Waals surface area contributed by atoms with Crippen LogP contribution >= 0.6 is 0 Å². The molecule has 0 radical (unpaired) electrons. The minimum atomic E-state index is 0.0106. The van der Waals surface area contributed by atoms with Gasteiger partial charge in [0, 0.05) is 30.4 Å². The molecule has 0 spiro atoms. The van der Waals surface area contributed by atoms with Crippen LogP contribution in [0, 0.1) is 20.8 Å². The van der Waals surface area contributed by atoms with E-state index in [2.05, 4.69) is 20.3 Å². The van der Waals surface area contributed by atoms with Crippen LogP contribution < -0.4 is 0 Å². The van der Waals surface area contributed by atoms with Gasteiger partial charge in [-0.1, -0.05) is 5.16 Å².